The molecule has 140 valence electrons. The van der Waals surface area contributed by atoms with Crippen LogP contribution < -0.4 is 0 Å². The lowest BCUT2D eigenvalue weighted by Crippen LogP contribution is -2.44. The predicted octanol–water partition coefficient (Wildman–Crippen LogP) is 3.93. The number of aromatic nitrogens is 1. The highest BCUT2D eigenvalue weighted by molar-refractivity contribution is 6.30. The summed E-state index contributed by atoms with van der Waals surface area (Å²) in [7, 11) is 2.13. The summed E-state index contributed by atoms with van der Waals surface area (Å²) in [4.78, 5) is 16.2. The van der Waals surface area contributed by atoms with Gasteiger partial charge >= 0.3 is 0 Å². The average molecular weight is 382 g/mol. The molecular formula is C21H24ClN5. The van der Waals surface area contributed by atoms with Crippen molar-refractivity contribution >= 4 is 17.4 Å². The van der Waals surface area contributed by atoms with Crippen molar-refractivity contribution < 1.29 is 0 Å². The van der Waals surface area contributed by atoms with Gasteiger partial charge in [-0.15, -0.1) is 0 Å². The van der Waals surface area contributed by atoms with E-state index in [4.69, 9.17) is 16.6 Å². The molecule has 1 unspecified atom stereocenters. The quantitative estimate of drug-likeness (QED) is 0.786. The summed E-state index contributed by atoms with van der Waals surface area (Å²) in [5.74, 6) is 1.08. The lowest BCUT2D eigenvalue weighted by atomic mass is 10.2. The first-order chi connectivity index (χ1) is 13.1. The Hall–Kier alpha value is -2.53. The second-order valence-electron chi connectivity index (χ2n) is 7.04. The molecule has 1 aromatic heterocycles. The van der Waals surface area contributed by atoms with Crippen LogP contribution in [0.5, 0.6) is 0 Å². The van der Waals surface area contributed by atoms with Crippen molar-refractivity contribution in [2.45, 2.75) is 32.6 Å². The molecule has 2 aromatic rings. The Labute approximate surface area is 165 Å². The van der Waals surface area contributed by atoms with Crippen molar-refractivity contribution in [1.82, 2.24) is 19.7 Å². The Bertz CT molecular complexity index is 847. The highest BCUT2D eigenvalue weighted by atomic mass is 35.5. The van der Waals surface area contributed by atoms with Crippen molar-refractivity contribution in [3.8, 4) is 0 Å². The van der Waals surface area contributed by atoms with Crippen molar-refractivity contribution in [2.24, 2.45) is 4.99 Å². The van der Waals surface area contributed by atoms with E-state index >= 15 is 0 Å². The summed E-state index contributed by atoms with van der Waals surface area (Å²) in [5, 5.41) is 0.768. The first-order valence-corrected chi connectivity index (χ1v) is 9.67. The number of benzene rings is 1. The monoisotopic (exact) mass is 381 g/mol. The molecular weight excluding hydrogens is 358 g/mol. The number of nitrogens with zero attached hydrogens (tertiary/aromatic N) is 5. The fourth-order valence-electron chi connectivity index (χ4n) is 3.63. The minimum atomic E-state index is 0.207. The third kappa shape index (κ3) is 3.78. The van der Waals surface area contributed by atoms with Crippen LogP contribution in [0, 0.1) is 0 Å². The van der Waals surface area contributed by atoms with Crippen molar-refractivity contribution in [3.63, 3.8) is 0 Å². The highest BCUT2D eigenvalue weighted by Gasteiger charge is 2.34. The maximum atomic E-state index is 6.03. The summed E-state index contributed by atoms with van der Waals surface area (Å²) in [6.07, 6.45) is 7.18. The number of fused-ring (bicyclic) bond motifs is 1. The summed E-state index contributed by atoms with van der Waals surface area (Å²) >= 11 is 6.03. The molecule has 0 radical (unpaired) electrons. The number of pyridine rings is 1. The van der Waals surface area contributed by atoms with E-state index in [2.05, 4.69) is 58.1 Å². The normalized spacial score (nSPS) is 19.1. The van der Waals surface area contributed by atoms with Crippen LogP contribution in [0.25, 0.3) is 0 Å². The number of rotatable bonds is 5. The standard InChI is InChI=1S/C21H24ClN5/c1-3-20-24-21-19(25(20)2)14-26(12-16-6-8-18(22)9-7-16)15-27(21)13-17-5-4-10-23-11-17/h4-11,14,20H,3,12-13,15H2,1-2H3. The maximum absolute atomic E-state index is 6.03. The van der Waals surface area contributed by atoms with E-state index in [-0.39, 0.29) is 6.17 Å². The van der Waals surface area contributed by atoms with Gasteiger partial charge in [-0.25, -0.2) is 4.99 Å². The van der Waals surface area contributed by atoms with Gasteiger partial charge in [0.15, 0.2) is 5.84 Å². The number of likely N-dealkylation sites (N-methyl/N-ethyl adjacent to an activating group) is 1. The number of hydrogen-bond donors (Lipinski definition) is 0. The number of hydrogen-bond acceptors (Lipinski definition) is 5. The molecule has 1 aromatic carbocycles. The van der Waals surface area contributed by atoms with Gasteiger partial charge in [0.25, 0.3) is 0 Å². The van der Waals surface area contributed by atoms with Gasteiger partial charge in [0.2, 0.25) is 0 Å². The molecule has 0 saturated heterocycles. The Kier molecular flexibility index (Phi) is 5.03. The van der Waals surface area contributed by atoms with Crippen LogP contribution in [0.2, 0.25) is 5.02 Å². The molecule has 0 spiro atoms. The minimum Gasteiger partial charge on any atom is -0.353 e. The smallest absolute Gasteiger partial charge is 0.152 e. The second-order valence-corrected chi connectivity index (χ2v) is 7.48. The van der Waals surface area contributed by atoms with Crippen LogP contribution in [-0.4, -0.2) is 45.4 Å². The largest absolute Gasteiger partial charge is 0.353 e. The van der Waals surface area contributed by atoms with E-state index in [9.17, 15) is 0 Å². The third-order valence-electron chi connectivity index (χ3n) is 5.04. The van der Waals surface area contributed by atoms with E-state index < -0.39 is 0 Å². The molecule has 3 heterocycles. The molecule has 27 heavy (non-hydrogen) atoms. The highest BCUT2D eigenvalue weighted by Crippen LogP contribution is 2.28. The van der Waals surface area contributed by atoms with Crippen molar-refractivity contribution in [3.05, 3.63) is 76.8 Å². The average Bonchev–Trinajstić information content (AvgIpc) is 3.01. The Balaban J connectivity index is 1.61. The molecule has 0 amide bonds. The molecule has 0 fully saturated rings. The molecule has 0 N–H and O–H groups in total. The van der Waals surface area contributed by atoms with E-state index in [1.807, 2.05) is 30.6 Å². The zero-order valence-corrected chi connectivity index (χ0v) is 16.5. The molecule has 0 bridgehead atoms. The van der Waals surface area contributed by atoms with Crippen LogP contribution in [0.4, 0.5) is 0 Å². The van der Waals surface area contributed by atoms with Gasteiger partial charge in [0.05, 0.1) is 12.4 Å². The molecule has 1 atom stereocenters. The van der Waals surface area contributed by atoms with Gasteiger partial charge in [-0.05, 0) is 35.7 Å². The fourth-order valence-corrected chi connectivity index (χ4v) is 3.75. The Morgan fingerprint density at radius 1 is 1.11 bits per heavy atom. The first kappa shape index (κ1) is 17.9. The fraction of sp³-hybridized carbons (Fsp3) is 0.333. The van der Waals surface area contributed by atoms with E-state index in [0.29, 0.717) is 0 Å². The second kappa shape index (κ2) is 7.61. The van der Waals surface area contributed by atoms with Crippen LogP contribution >= 0.6 is 11.6 Å². The van der Waals surface area contributed by atoms with Crippen LogP contribution in [-0.2, 0) is 13.1 Å². The number of halogens is 1. The zero-order chi connectivity index (χ0) is 18.8. The van der Waals surface area contributed by atoms with Gasteiger partial charge < -0.3 is 14.7 Å². The van der Waals surface area contributed by atoms with Gasteiger partial charge in [-0.3, -0.25) is 4.98 Å². The number of amidine groups is 1. The summed E-state index contributed by atoms with van der Waals surface area (Å²) < 4.78 is 0. The molecule has 4 rings (SSSR count). The summed E-state index contributed by atoms with van der Waals surface area (Å²) in [6.45, 7) is 4.61. The van der Waals surface area contributed by atoms with E-state index in [1.165, 1.54) is 16.8 Å². The molecule has 2 aliphatic rings. The molecule has 5 nitrogen and oxygen atoms in total. The molecule has 0 aliphatic carbocycles. The van der Waals surface area contributed by atoms with Gasteiger partial charge in [-0.2, -0.15) is 0 Å². The summed E-state index contributed by atoms with van der Waals surface area (Å²) in [6, 6.07) is 12.2. The molecule has 6 heteroatoms. The number of aliphatic imine (C=N–C) groups is 1. The van der Waals surface area contributed by atoms with Crippen LogP contribution in [0.1, 0.15) is 24.5 Å². The van der Waals surface area contributed by atoms with Crippen LogP contribution in [0.15, 0.2) is 65.7 Å². The lowest BCUT2D eigenvalue weighted by Gasteiger charge is -2.37. The van der Waals surface area contributed by atoms with E-state index in [0.717, 1.165) is 37.0 Å². The van der Waals surface area contributed by atoms with Crippen LogP contribution in [0.3, 0.4) is 0 Å². The van der Waals surface area contributed by atoms with Gasteiger partial charge in [0.1, 0.15) is 6.17 Å². The molecule has 2 aliphatic heterocycles. The van der Waals surface area contributed by atoms with Gasteiger partial charge in [-0.1, -0.05) is 36.7 Å². The molecule has 0 saturated carbocycles. The zero-order valence-electron chi connectivity index (χ0n) is 15.7. The Morgan fingerprint density at radius 2 is 1.93 bits per heavy atom. The summed E-state index contributed by atoms with van der Waals surface area (Å²) in [5.41, 5.74) is 3.62. The van der Waals surface area contributed by atoms with E-state index in [1.54, 1.807) is 0 Å². The third-order valence-corrected chi connectivity index (χ3v) is 5.30. The van der Waals surface area contributed by atoms with Gasteiger partial charge in [0, 0.05) is 43.8 Å². The topological polar surface area (TPSA) is 35.0 Å². The lowest BCUT2D eigenvalue weighted by molar-refractivity contribution is 0.215. The first-order valence-electron chi connectivity index (χ1n) is 9.29. The maximum Gasteiger partial charge on any atom is 0.152 e. The SMILES string of the molecule is CCC1N=C2C(=CN(Cc3ccc(Cl)cc3)CN2Cc2cccnc2)N1C. The Morgan fingerprint density at radius 3 is 2.63 bits per heavy atom. The predicted molar refractivity (Wildman–Crippen MR) is 109 cm³/mol. The van der Waals surface area contributed by atoms with Crippen molar-refractivity contribution in [2.75, 3.05) is 13.7 Å². The minimum absolute atomic E-state index is 0.207. The van der Waals surface area contributed by atoms with Crippen molar-refractivity contribution in [1.29, 1.82) is 0 Å².